The van der Waals surface area contributed by atoms with Gasteiger partial charge in [0.1, 0.15) is 0 Å². The van der Waals surface area contributed by atoms with E-state index in [1.54, 1.807) is 11.9 Å². The second-order valence-corrected chi connectivity index (χ2v) is 6.22. The van der Waals surface area contributed by atoms with Gasteiger partial charge >= 0.3 is 0 Å². The topological polar surface area (TPSA) is 40.6 Å². The van der Waals surface area contributed by atoms with Gasteiger partial charge in [0.2, 0.25) is 5.91 Å². The molecule has 4 nitrogen and oxygen atoms in total. The fraction of sp³-hybridized carbons (Fsp3) is 0.263. The monoisotopic (exact) mass is 344 g/mol. The molecule has 25 heavy (non-hydrogen) atoms. The number of likely N-dealkylation sites (tertiary alicyclic amines) is 1. The molecule has 0 N–H and O–H groups in total. The van der Waals surface area contributed by atoms with Gasteiger partial charge in [-0.3, -0.25) is 9.59 Å². The minimum Gasteiger partial charge on any atom is -0.341 e. The summed E-state index contributed by atoms with van der Waals surface area (Å²) in [5.41, 5.74) is 1.12. The van der Waals surface area contributed by atoms with Gasteiger partial charge < -0.3 is 9.80 Å². The molecule has 0 atom stereocenters. The second kappa shape index (κ2) is 7.01. The zero-order valence-electron chi connectivity index (χ0n) is 13.8. The smallest absolute Gasteiger partial charge is 0.254 e. The SMILES string of the molecule is CN(Cc1ccccc1)C(=O)C1CN(C(=O)c2ccc(F)c(F)c2)C1. The summed E-state index contributed by atoms with van der Waals surface area (Å²) in [4.78, 5) is 27.7. The average molecular weight is 344 g/mol. The highest BCUT2D eigenvalue weighted by atomic mass is 19.2. The Bertz CT molecular complexity index is 789. The minimum absolute atomic E-state index is 0.0295. The molecule has 1 saturated heterocycles. The highest BCUT2D eigenvalue weighted by Crippen LogP contribution is 2.22. The van der Waals surface area contributed by atoms with Crippen LogP contribution < -0.4 is 0 Å². The van der Waals surface area contributed by atoms with Crippen molar-refractivity contribution >= 4 is 11.8 Å². The van der Waals surface area contributed by atoms with Crippen LogP contribution in [-0.4, -0.2) is 41.8 Å². The summed E-state index contributed by atoms with van der Waals surface area (Å²) in [7, 11) is 1.73. The van der Waals surface area contributed by atoms with E-state index in [1.807, 2.05) is 30.3 Å². The van der Waals surface area contributed by atoms with E-state index in [9.17, 15) is 18.4 Å². The lowest BCUT2D eigenvalue weighted by atomic mass is 9.97. The first-order chi connectivity index (χ1) is 12.0. The van der Waals surface area contributed by atoms with Gasteiger partial charge in [-0.2, -0.15) is 0 Å². The van der Waals surface area contributed by atoms with Crippen LogP contribution in [0.3, 0.4) is 0 Å². The zero-order chi connectivity index (χ0) is 18.0. The number of halogens is 2. The van der Waals surface area contributed by atoms with Crippen molar-refractivity contribution in [3.05, 3.63) is 71.3 Å². The standard InChI is InChI=1S/C19H18F2N2O2/c1-22(10-13-5-3-2-4-6-13)18(24)15-11-23(12-15)19(25)14-7-8-16(20)17(21)9-14/h2-9,15H,10-12H2,1H3. The predicted molar refractivity (Wildman–Crippen MR) is 88.7 cm³/mol. The highest BCUT2D eigenvalue weighted by Gasteiger charge is 2.37. The van der Waals surface area contributed by atoms with Crippen LogP contribution in [0.4, 0.5) is 8.78 Å². The molecule has 0 aromatic heterocycles. The first-order valence-corrected chi connectivity index (χ1v) is 7.99. The largest absolute Gasteiger partial charge is 0.341 e. The second-order valence-electron chi connectivity index (χ2n) is 6.22. The Morgan fingerprint density at radius 3 is 2.40 bits per heavy atom. The van der Waals surface area contributed by atoms with Gasteiger partial charge in [0.05, 0.1) is 5.92 Å². The number of amides is 2. The van der Waals surface area contributed by atoms with Crippen LogP contribution >= 0.6 is 0 Å². The fourth-order valence-corrected chi connectivity index (χ4v) is 2.86. The Morgan fingerprint density at radius 2 is 1.76 bits per heavy atom. The third-order valence-corrected chi connectivity index (χ3v) is 4.32. The molecular weight excluding hydrogens is 326 g/mol. The quantitative estimate of drug-likeness (QED) is 0.856. The highest BCUT2D eigenvalue weighted by molar-refractivity contribution is 5.96. The van der Waals surface area contributed by atoms with E-state index in [4.69, 9.17) is 0 Å². The number of rotatable bonds is 4. The Kier molecular flexibility index (Phi) is 4.79. The van der Waals surface area contributed by atoms with Crippen molar-refractivity contribution in [2.24, 2.45) is 5.92 Å². The van der Waals surface area contributed by atoms with E-state index in [1.165, 1.54) is 11.0 Å². The molecule has 0 radical (unpaired) electrons. The van der Waals surface area contributed by atoms with Crippen molar-refractivity contribution in [1.29, 1.82) is 0 Å². The van der Waals surface area contributed by atoms with Crippen LogP contribution in [-0.2, 0) is 11.3 Å². The molecule has 1 fully saturated rings. The van der Waals surface area contributed by atoms with Crippen molar-refractivity contribution in [3.63, 3.8) is 0 Å². The number of hydrogen-bond donors (Lipinski definition) is 0. The molecule has 1 aliphatic heterocycles. The first-order valence-electron chi connectivity index (χ1n) is 7.99. The van der Waals surface area contributed by atoms with Gasteiger partial charge in [-0.25, -0.2) is 8.78 Å². The van der Waals surface area contributed by atoms with Crippen LogP contribution in [0.1, 0.15) is 15.9 Å². The summed E-state index contributed by atoms with van der Waals surface area (Å²) in [5.74, 6) is -2.73. The van der Waals surface area contributed by atoms with E-state index in [-0.39, 0.29) is 30.5 Å². The number of nitrogens with zero attached hydrogens (tertiary/aromatic N) is 2. The van der Waals surface area contributed by atoms with Gasteiger partial charge in [0.25, 0.3) is 5.91 Å². The van der Waals surface area contributed by atoms with E-state index in [0.29, 0.717) is 6.54 Å². The van der Waals surface area contributed by atoms with Crippen molar-refractivity contribution in [2.75, 3.05) is 20.1 Å². The molecule has 0 spiro atoms. The van der Waals surface area contributed by atoms with Crippen LogP contribution in [0.2, 0.25) is 0 Å². The summed E-state index contributed by atoms with van der Waals surface area (Å²) in [6, 6.07) is 12.7. The number of benzene rings is 2. The van der Waals surface area contributed by atoms with Gasteiger partial charge in [-0.15, -0.1) is 0 Å². The molecule has 6 heteroatoms. The van der Waals surface area contributed by atoms with E-state index in [0.717, 1.165) is 17.7 Å². The van der Waals surface area contributed by atoms with Crippen LogP contribution in [0.25, 0.3) is 0 Å². The zero-order valence-corrected chi connectivity index (χ0v) is 13.8. The Morgan fingerprint density at radius 1 is 1.08 bits per heavy atom. The lowest BCUT2D eigenvalue weighted by Crippen LogP contribution is -2.55. The summed E-state index contributed by atoms with van der Waals surface area (Å²) >= 11 is 0. The Labute approximate surface area is 144 Å². The van der Waals surface area contributed by atoms with Crippen LogP contribution in [0, 0.1) is 17.6 Å². The number of hydrogen-bond acceptors (Lipinski definition) is 2. The molecule has 0 aliphatic carbocycles. The Hall–Kier alpha value is -2.76. The van der Waals surface area contributed by atoms with Crippen molar-refractivity contribution in [1.82, 2.24) is 9.80 Å². The maximum Gasteiger partial charge on any atom is 0.254 e. The fourth-order valence-electron chi connectivity index (χ4n) is 2.86. The minimum atomic E-state index is -1.05. The normalized spacial score (nSPS) is 14.1. The van der Waals surface area contributed by atoms with Crippen molar-refractivity contribution in [3.8, 4) is 0 Å². The molecule has 0 bridgehead atoms. The number of carbonyl (C=O) groups excluding carboxylic acids is 2. The van der Waals surface area contributed by atoms with Gasteiger partial charge in [0, 0.05) is 32.2 Å². The van der Waals surface area contributed by atoms with E-state index < -0.39 is 17.5 Å². The molecule has 2 amide bonds. The summed E-state index contributed by atoms with van der Waals surface area (Å²) in [5, 5.41) is 0. The molecule has 3 rings (SSSR count). The lowest BCUT2D eigenvalue weighted by Gasteiger charge is -2.40. The molecule has 2 aromatic rings. The first kappa shape index (κ1) is 17.1. The van der Waals surface area contributed by atoms with Gasteiger partial charge in [-0.05, 0) is 23.8 Å². The number of carbonyl (C=O) groups is 2. The maximum atomic E-state index is 13.2. The Balaban J connectivity index is 1.55. The average Bonchev–Trinajstić information content (AvgIpc) is 2.56. The molecule has 2 aromatic carbocycles. The van der Waals surface area contributed by atoms with Gasteiger partial charge in [0.15, 0.2) is 11.6 Å². The van der Waals surface area contributed by atoms with Gasteiger partial charge in [-0.1, -0.05) is 30.3 Å². The van der Waals surface area contributed by atoms with Crippen LogP contribution in [0.15, 0.2) is 48.5 Å². The van der Waals surface area contributed by atoms with Crippen LogP contribution in [0.5, 0.6) is 0 Å². The summed E-state index contributed by atoms with van der Waals surface area (Å²) < 4.78 is 26.2. The molecule has 0 saturated carbocycles. The molecular formula is C19H18F2N2O2. The van der Waals surface area contributed by atoms with E-state index >= 15 is 0 Å². The summed E-state index contributed by atoms with van der Waals surface area (Å²) in [6.07, 6.45) is 0. The third kappa shape index (κ3) is 3.68. The molecule has 1 heterocycles. The lowest BCUT2D eigenvalue weighted by molar-refractivity contribution is -0.139. The maximum absolute atomic E-state index is 13.2. The van der Waals surface area contributed by atoms with Crippen molar-refractivity contribution in [2.45, 2.75) is 6.54 Å². The van der Waals surface area contributed by atoms with E-state index in [2.05, 4.69) is 0 Å². The molecule has 130 valence electrons. The summed E-state index contributed by atoms with van der Waals surface area (Å²) in [6.45, 7) is 1.08. The third-order valence-electron chi connectivity index (χ3n) is 4.32. The van der Waals surface area contributed by atoms with Crippen molar-refractivity contribution < 1.29 is 18.4 Å². The molecule has 0 unspecified atom stereocenters. The predicted octanol–water partition coefficient (Wildman–Crippen LogP) is 2.70. The molecule has 1 aliphatic rings.